The van der Waals surface area contributed by atoms with Crippen molar-refractivity contribution < 1.29 is 0 Å². The Morgan fingerprint density at radius 1 is 1.38 bits per heavy atom. The number of hydrogen-bond acceptors (Lipinski definition) is 5. The Morgan fingerprint density at radius 3 is 3.06 bits per heavy atom. The second-order valence-electron chi connectivity index (χ2n) is 3.44. The lowest BCUT2D eigenvalue weighted by molar-refractivity contribution is 0.537. The third-order valence-corrected chi connectivity index (χ3v) is 2.13. The minimum Gasteiger partial charge on any atom is -0.309 e. The molecule has 2 aromatic heterocycles. The Bertz CT molecular complexity index is 425. The topological polar surface area (TPSA) is 68.5 Å². The molecule has 0 aliphatic heterocycles. The van der Waals surface area contributed by atoms with E-state index in [9.17, 15) is 0 Å². The number of nitrogens with one attached hydrogen (secondary N) is 1. The van der Waals surface area contributed by atoms with Gasteiger partial charge >= 0.3 is 0 Å². The lowest BCUT2D eigenvalue weighted by Crippen LogP contribution is -2.20. The van der Waals surface area contributed by atoms with Crippen LogP contribution < -0.4 is 5.32 Å². The van der Waals surface area contributed by atoms with Gasteiger partial charge in [0.05, 0.1) is 18.4 Å². The minimum atomic E-state index is 0.748. The minimum absolute atomic E-state index is 0.748. The molecule has 2 heterocycles. The number of aryl methyl sites for hydroxylation is 1. The molecule has 0 fully saturated rings. The fourth-order valence-electron chi connectivity index (χ4n) is 1.37. The highest BCUT2D eigenvalue weighted by Gasteiger charge is 1.95. The second-order valence-corrected chi connectivity index (χ2v) is 3.44. The zero-order valence-corrected chi connectivity index (χ0v) is 9.17. The van der Waals surface area contributed by atoms with E-state index in [1.807, 2.05) is 19.2 Å². The highest BCUT2D eigenvalue weighted by atomic mass is 15.4. The average Bonchev–Trinajstić information content (AvgIpc) is 2.77. The van der Waals surface area contributed by atoms with Crippen LogP contribution in [0.15, 0.2) is 24.7 Å². The molecule has 0 bridgehead atoms. The molecule has 0 spiro atoms. The lowest BCUT2D eigenvalue weighted by atomic mass is 10.4. The van der Waals surface area contributed by atoms with E-state index in [1.165, 1.54) is 0 Å². The van der Waals surface area contributed by atoms with Gasteiger partial charge in [-0.15, -0.1) is 5.10 Å². The Morgan fingerprint density at radius 2 is 2.31 bits per heavy atom. The number of aromatic nitrogens is 5. The van der Waals surface area contributed by atoms with Gasteiger partial charge in [0.25, 0.3) is 0 Å². The maximum absolute atomic E-state index is 4.30. The molecule has 84 valence electrons. The first-order valence-electron chi connectivity index (χ1n) is 5.18. The molecule has 2 rings (SSSR count). The molecule has 6 nitrogen and oxygen atoms in total. The van der Waals surface area contributed by atoms with Gasteiger partial charge in [0, 0.05) is 25.5 Å². The quantitative estimate of drug-likeness (QED) is 0.724. The summed E-state index contributed by atoms with van der Waals surface area (Å²) in [5.74, 6) is 0.801. The Hall–Kier alpha value is -1.82. The summed E-state index contributed by atoms with van der Waals surface area (Å²) >= 11 is 0. The van der Waals surface area contributed by atoms with Crippen LogP contribution in [0.3, 0.4) is 0 Å². The molecule has 0 aliphatic rings. The molecule has 16 heavy (non-hydrogen) atoms. The summed E-state index contributed by atoms with van der Waals surface area (Å²) in [4.78, 5) is 8.35. The van der Waals surface area contributed by atoms with Crippen LogP contribution >= 0.6 is 0 Å². The van der Waals surface area contributed by atoms with Crippen molar-refractivity contribution in [3.63, 3.8) is 0 Å². The van der Waals surface area contributed by atoms with E-state index in [-0.39, 0.29) is 0 Å². The van der Waals surface area contributed by atoms with Gasteiger partial charge in [-0.3, -0.25) is 4.68 Å². The summed E-state index contributed by atoms with van der Waals surface area (Å²) in [7, 11) is 0. The van der Waals surface area contributed by atoms with Crippen molar-refractivity contribution in [2.45, 2.75) is 20.0 Å². The van der Waals surface area contributed by atoms with Gasteiger partial charge in [-0.1, -0.05) is 5.21 Å². The summed E-state index contributed by atoms with van der Waals surface area (Å²) in [6.45, 7) is 4.29. The number of hydrogen-bond donors (Lipinski definition) is 1. The summed E-state index contributed by atoms with van der Waals surface area (Å²) < 4.78 is 1.79. The fraction of sp³-hybridized carbons (Fsp3) is 0.400. The van der Waals surface area contributed by atoms with E-state index in [2.05, 4.69) is 25.6 Å². The largest absolute Gasteiger partial charge is 0.309 e. The van der Waals surface area contributed by atoms with Crippen LogP contribution in [0.4, 0.5) is 0 Å². The second kappa shape index (κ2) is 5.32. The van der Waals surface area contributed by atoms with Crippen LogP contribution in [-0.2, 0) is 13.1 Å². The van der Waals surface area contributed by atoms with Crippen molar-refractivity contribution in [3.05, 3.63) is 36.2 Å². The average molecular weight is 218 g/mol. The monoisotopic (exact) mass is 218 g/mol. The van der Waals surface area contributed by atoms with Gasteiger partial charge in [-0.05, 0) is 13.0 Å². The maximum Gasteiger partial charge on any atom is 0.125 e. The summed E-state index contributed by atoms with van der Waals surface area (Å²) in [5, 5.41) is 10.9. The lowest BCUT2D eigenvalue weighted by Gasteiger charge is -2.04. The molecular weight excluding hydrogens is 204 g/mol. The van der Waals surface area contributed by atoms with Crippen LogP contribution in [0.5, 0.6) is 0 Å². The standard InChI is InChI=1S/C10H14N6/c1-9-12-3-2-10(14-9)8-11-4-6-16-7-5-13-15-16/h2-3,5,7,11H,4,6,8H2,1H3. The summed E-state index contributed by atoms with van der Waals surface area (Å²) in [5.41, 5.74) is 1.01. The van der Waals surface area contributed by atoms with Crippen molar-refractivity contribution in [2.24, 2.45) is 0 Å². The zero-order valence-electron chi connectivity index (χ0n) is 9.17. The van der Waals surface area contributed by atoms with Gasteiger partial charge in [0.1, 0.15) is 5.82 Å². The van der Waals surface area contributed by atoms with Gasteiger partial charge in [0.2, 0.25) is 0 Å². The predicted octanol–water partition coefficient (Wildman–Crippen LogP) is 0.166. The number of rotatable bonds is 5. The third kappa shape index (κ3) is 3.09. The Kier molecular flexibility index (Phi) is 3.55. The zero-order chi connectivity index (χ0) is 11.2. The van der Waals surface area contributed by atoms with E-state index in [0.717, 1.165) is 31.2 Å². The van der Waals surface area contributed by atoms with Gasteiger partial charge < -0.3 is 5.32 Å². The maximum atomic E-state index is 4.30. The molecule has 6 heteroatoms. The Balaban J connectivity index is 1.72. The predicted molar refractivity (Wildman–Crippen MR) is 58.5 cm³/mol. The van der Waals surface area contributed by atoms with Crippen molar-refractivity contribution in [1.29, 1.82) is 0 Å². The molecule has 2 aromatic rings. The van der Waals surface area contributed by atoms with E-state index < -0.39 is 0 Å². The molecule has 0 radical (unpaired) electrons. The molecular formula is C10H14N6. The van der Waals surface area contributed by atoms with Gasteiger partial charge in [-0.2, -0.15) is 0 Å². The highest BCUT2D eigenvalue weighted by molar-refractivity contribution is 5.00. The van der Waals surface area contributed by atoms with Crippen molar-refractivity contribution in [1.82, 2.24) is 30.3 Å². The van der Waals surface area contributed by atoms with E-state index >= 15 is 0 Å². The molecule has 0 aliphatic carbocycles. The van der Waals surface area contributed by atoms with E-state index in [1.54, 1.807) is 17.1 Å². The van der Waals surface area contributed by atoms with E-state index in [4.69, 9.17) is 0 Å². The highest BCUT2D eigenvalue weighted by Crippen LogP contribution is 1.93. The first kappa shape index (κ1) is 10.7. The molecule has 0 aromatic carbocycles. The molecule has 0 amide bonds. The van der Waals surface area contributed by atoms with Crippen LogP contribution in [0, 0.1) is 6.92 Å². The van der Waals surface area contributed by atoms with Crippen molar-refractivity contribution in [3.8, 4) is 0 Å². The SMILES string of the molecule is Cc1nccc(CNCCn2ccnn2)n1. The van der Waals surface area contributed by atoms with Crippen molar-refractivity contribution in [2.75, 3.05) is 6.54 Å². The van der Waals surface area contributed by atoms with Crippen LogP contribution in [0.2, 0.25) is 0 Å². The van der Waals surface area contributed by atoms with Crippen molar-refractivity contribution >= 4 is 0 Å². The molecule has 0 atom stereocenters. The fourth-order valence-corrected chi connectivity index (χ4v) is 1.37. The Labute approximate surface area is 93.7 Å². The first-order valence-corrected chi connectivity index (χ1v) is 5.18. The smallest absolute Gasteiger partial charge is 0.125 e. The van der Waals surface area contributed by atoms with Gasteiger partial charge in [0.15, 0.2) is 0 Å². The molecule has 0 saturated heterocycles. The summed E-state index contributed by atoms with van der Waals surface area (Å²) in [6, 6.07) is 1.91. The summed E-state index contributed by atoms with van der Waals surface area (Å²) in [6.07, 6.45) is 5.29. The molecule has 1 N–H and O–H groups in total. The normalized spacial score (nSPS) is 10.6. The van der Waals surface area contributed by atoms with Crippen LogP contribution in [0.1, 0.15) is 11.5 Å². The molecule has 0 unspecified atom stereocenters. The van der Waals surface area contributed by atoms with Gasteiger partial charge in [-0.25, -0.2) is 9.97 Å². The molecule has 0 saturated carbocycles. The van der Waals surface area contributed by atoms with Crippen LogP contribution in [0.25, 0.3) is 0 Å². The van der Waals surface area contributed by atoms with E-state index in [0.29, 0.717) is 0 Å². The number of nitrogens with zero attached hydrogens (tertiary/aromatic N) is 5. The first-order chi connectivity index (χ1) is 7.84. The van der Waals surface area contributed by atoms with Crippen LogP contribution in [-0.4, -0.2) is 31.5 Å². The third-order valence-electron chi connectivity index (χ3n) is 2.13.